The predicted molar refractivity (Wildman–Crippen MR) is 87.7 cm³/mol. The summed E-state index contributed by atoms with van der Waals surface area (Å²) in [6.07, 6.45) is -4.55. The summed E-state index contributed by atoms with van der Waals surface area (Å²) in [5.41, 5.74) is 0.771. The number of anilines is 1. The molecule has 0 saturated heterocycles. The molecule has 0 spiro atoms. The second kappa shape index (κ2) is 6.86. The minimum atomic E-state index is -5.06. The van der Waals surface area contributed by atoms with Crippen molar-refractivity contribution >= 4 is 16.2 Å². The number of alkyl halides is 3. The lowest BCUT2D eigenvalue weighted by Crippen LogP contribution is -2.11. The zero-order valence-electron chi connectivity index (χ0n) is 14.5. The Morgan fingerprint density at radius 2 is 1.88 bits per heavy atom. The molecule has 0 bridgehead atoms. The van der Waals surface area contributed by atoms with E-state index < -0.39 is 27.1 Å². The van der Waals surface area contributed by atoms with Gasteiger partial charge in [-0.2, -0.15) is 31.3 Å². The predicted octanol–water partition coefficient (Wildman–Crippen LogP) is 3.67. The molecule has 1 heterocycles. The molecule has 1 aromatic carbocycles. The fourth-order valence-corrected chi connectivity index (χ4v) is 3.31. The van der Waals surface area contributed by atoms with Crippen LogP contribution in [0.4, 0.5) is 23.0 Å². The summed E-state index contributed by atoms with van der Waals surface area (Å²) in [7, 11) is -3.71. The van der Waals surface area contributed by atoms with E-state index in [0.717, 1.165) is 10.7 Å². The van der Waals surface area contributed by atoms with Crippen LogP contribution < -0.4 is 5.32 Å². The van der Waals surface area contributed by atoms with Gasteiger partial charge in [-0.3, -0.25) is 0 Å². The molecule has 1 N–H and O–H groups in total. The van der Waals surface area contributed by atoms with E-state index in [9.17, 15) is 25.5 Å². The molecule has 0 amide bonds. The Balaban J connectivity index is 2.86. The van der Waals surface area contributed by atoms with Gasteiger partial charge in [0.2, 0.25) is 5.95 Å². The number of hydrogen-bond acceptors (Lipinski definition) is 5. The number of nitrogens with zero attached hydrogens (tertiary/aromatic N) is 3. The molecule has 144 valence electrons. The van der Waals surface area contributed by atoms with Gasteiger partial charge < -0.3 is 5.32 Å². The third-order valence-corrected chi connectivity index (χ3v) is 4.69. The number of aromatic nitrogens is 3. The third-order valence-electron chi connectivity index (χ3n) is 3.79. The quantitative estimate of drug-likeness (QED) is 0.619. The Kier molecular flexibility index (Phi) is 5.31. The van der Waals surface area contributed by atoms with Crippen LogP contribution in [0.3, 0.4) is 0 Å². The summed E-state index contributed by atoms with van der Waals surface area (Å²) in [6, 6.07) is 2.47. The van der Waals surface area contributed by atoms with Crippen molar-refractivity contribution < 1.29 is 25.5 Å². The van der Waals surface area contributed by atoms with Crippen LogP contribution >= 0.6 is 0 Å². The first-order valence-electron chi connectivity index (χ1n) is 7.74. The maximum absolute atomic E-state index is 13.7. The number of aryl methyl sites for hydroxylation is 1. The normalized spacial score (nSPS) is 12.7. The molecule has 0 unspecified atom stereocenters. The van der Waals surface area contributed by atoms with Crippen LogP contribution in [0.2, 0.25) is 0 Å². The van der Waals surface area contributed by atoms with Gasteiger partial charge in [0.1, 0.15) is 4.90 Å². The molecular formula is C15H18F4N4O2S. The second-order valence-corrected chi connectivity index (χ2v) is 7.20. The maximum Gasteiger partial charge on any atom is 0.453 e. The Morgan fingerprint density at radius 3 is 2.31 bits per heavy atom. The minimum absolute atomic E-state index is 0.0146. The smallest absolute Gasteiger partial charge is 0.357 e. The molecule has 0 atom stereocenters. The van der Waals surface area contributed by atoms with E-state index in [0.29, 0.717) is 5.56 Å². The molecule has 1 aromatic heterocycles. The van der Waals surface area contributed by atoms with Crippen molar-refractivity contribution in [3.63, 3.8) is 0 Å². The molecule has 2 rings (SSSR count). The highest BCUT2D eigenvalue weighted by Crippen LogP contribution is 2.33. The van der Waals surface area contributed by atoms with Crippen LogP contribution in [0.5, 0.6) is 0 Å². The Bertz CT molecular complexity index is 920. The molecule has 0 aliphatic rings. The molecule has 0 saturated carbocycles. The first-order valence-corrected chi connectivity index (χ1v) is 9.12. The average molecular weight is 394 g/mol. The maximum atomic E-state index is 13.7. The van der Waals surface area contributed by atoms with Gasteiger partial charge in [-0.15, -0.1) is 8.98 Å². The van der Waals surface area contributed by atoms with Gasteiger partial charge in [0.15, 0.2) is 0 Å². The standard InChI is InChI=1S/C15H18F4N4O2S/c1-5-9-6-10(8(2)3)11(7-12(9)26(19,24)25)23-14(20-4)21-13(22-23)15(16,17)18/h6-8H,5H2,1-4H3,(H,20,21,22). The molecule has 26 heavy (non-hydrogen) atoms. The highest BCUT2D eigenvalue weighted by Gasteiger charge is 2.37. The van der Waals surface area contributed by atoms with Crippen molar-refractivity contribution in [3.05, 3.63) is 29.1 Å². The number of benzene rings is 1. The zero-order valence-corrected chi connectivity index (χ0v) is 15.3. The topological polar surface area (TPSA) is 76.9 Å². The van der Waals surface area contributed by atoms with Crippen molar-refractivity contribution in [3.8, 4) is 5.69 Å². The van der Waals surface area contributed by atoms with Crippen LogP contribution in [0.25, 0.3) is 5.69 Å². The molecule has 6 nitrogen and oxygen atoms in total. The van der Waals surface area contributed by atoms with Crippen molar-refractivity contribution in [2.24, 2.45) is 0 Å². The van der Waals surface area contributed by atoms with Crippen LogP contribution in [0, 0.1) is 0 Å². The van der Waals surface area contributed by atoms with Gasteiger partial charge in [0.05, 0.1) is 5.69 Å². The second-order valence-electron chi connectivity index (χ2n) is 5.88. The summed E-state index contributed by atoms with van der Waals surface area (Å²) in [4.78, 5) is 2.79. The molecule has 0 aliphatic heterocycles. The van der Waals surface area contributed by atoms with Gasteiger partial charge in [-0.05, 0) is 29.5 Å². The van der Waals surface area contributed by atoms with Gasteiger partial charge in [0.25, 0.3) is 5.82 Å². The van der Waals surface area contributed by atoms with E-state index in [2.05, 4.69) is 15.4 Å². The lowest BCUT2D eigenvalue weighted by atomic mass is 9.97. The van der Waals surface area contributed by atoms with Gasteiger partial charge in [0, 0.05) is 7.05 Å². The number of rotatable bonds is 5. The zero-order chi connectivity index (χ0) is 19.9. The SMILES string of the molecule is CCc1cc(C(C)C)c(-n2nc(C(F)(F)F)nc2NC)cc1S(=O)(=O)F. The summed E-state index contributed by atoms with van der Waals surface area (Å²) < 4.78 is 76.4. The highest BCUT2D eigenvalue weighted by atomic mass is 32.3. The Labute approximate surface area is 148 Å². The highest BCUT2D eigenvalue weighted by molar-refractivity contribution is 7.86. The molecular weight excluding hydrogens is 376 g/mol. The average Bonchev–Trinajstić information content (AvgIpc) is 2.96. The van der Waals surface area contributed by atoms with Crippen molar-refractivity contribution in [2.45, 2.75) is 44.2 Å². The van der Waals surface area contributed by atoms with E-state index in [-0.39, 0.29) is 29.5 Å². The van der Waals surface area contributed by atoms with Crippen LogP contribution in [-0.4, -0.2) is 30.2 Å². The Hall–Kier alpha value is -2.17. The fraction of sp³-hybridized carbons (Fsp3) is 0.467. The van der Waals surface area contributed by atoms with Gasteiger partial charge in [-0.1, -0.05) is 26.8 Å². The number of halogens is 4. The van der Waals surface area contributed by atoms with Gasteiger partial charge >= 0.3 is 16.4 Å². The fourth-order valence-electron chi connectivity index (χ4n) is 2.54. The molecule has 0 radical (unpaired) electrons. The van der Waals surface area contributed by atoms with Crippen LogP contribution in [0.15, 0.2) is 17.0 Å². The lowest BCUT2D eigenvalue weighted by molar-refractivity contribution is -0.144. The van der Waals surface area contributed by atoms with E-state index in [1.165, 1.54) is 13.1 Å². The number of hydrogen-bond donors (Lipinski definition) is 1. The largest absolute Gasteiger partial charge is 0.453 e. The van der Waals surface area contributed by atoms with Crippen LogP contribution in [-0.2, 0) is 22.8 Å². The summed E-state index contributed by atoms with van der Waals surface area (Å²) in [6.45, 7) is 5.22. The molecule has 0 fully saturated rings. The molecule has 0 aliphatic carbocycles. The summed E-state index contributed by atoms with van der Waals surface area (Å²) >= 11 is 0. The van der Waals surface area contributed by atoms with Gasteiger partial charge in [-0.25, -0.2) is 0 Å². The lowest BCUT2D eigenvalue weighted by Gasteiger charge is -2.17. The monoisotopic (exact) mass is 394 g/mol. The minimum Gasteiger partial charge on any atom is -0.357 e. The van der Waals surface area contributed by atoms with E-state index >= 15 is 0 Å². The van der Waals surface area contributed by atoms with E-state index in [4.69, 9.17) is 0 Å². The summed E-state index contributed by atoms with van der Waals surface area (Å²) in [5.74, 6) is -1.82. The van der Waals surface area contributed by atoms with Crippen molar-refractivity contribution in [2.75, 3.05) is 12.4 Å². The Morgan fingerprint density at radius 1 is 1.27 bits per heavy atom. The first kappa shape index (κ1) is 20.1. The molecule has 11 heteroatoms. The molecule has 2 aromatic rings. The third kappa shape index (κ3) is 3.81. The first-order chi connectivity index (χ1) is 11.9. The van der Waals surface area contributed by atoms with E-state index in [1.54, 1.807) is 20.8 Å². The summed E-state index contributed by atoms with van der Waals surface area (Å²) in [5, 5.41) is 5.93. The van der Waals surface area contributed by atoms with Crippen molar-refractivity contribution in [1.82, 2.24) is 14.8 Å². The van der Waals surface area contributed by atoms with Crippen molar-refractivity contribution in [1.29, 1.82) is 0 Å². The van der Waals surface area contributed by atoms with E-state index in [1.807, 2.05) is 0 Å². The number of nitrogens with one attached hydrogen (secondary N) is 1. The van der Waals surface area contributed by atoms with Crippen LogP contribution in [0.1, 0.15) is 43.6 Å².